The molecule has 0 aliphatic carbocycles. The molecule has 46 heavy (non-hydrogen) atoms. The lowest BCUT2D eigenvalue weighted by atomic mass is 10.1. The fraction of sp³-hybridized carbons (Fsp3) is 0.471. The lowest BCUT2D eigenvalue weighted by Crippen LogP contribution is -2.51. The molecule has 0 saturated carbocycles. The minimum atomic E-state index is -1.04. The van der Waals surface area contributed by atoms with Crippen LogP contribution < -0.4 is 15.0 Å². The summed E-state index contributed by atoms with van der Waals surface area (Å²) in [5.41, 5.74) is 0.329. The monoisotopic (exact) mass is 655 g/mol. The summed E-state index contributed by atoms with van der Waals surface area (Å²) in [5.74, 6) is -2.24. The number of allylic oxidation sites excluding steroid dienone is 1. The predicted octanol–water partition coefficient (Wildman–Crippen LogP) is 6.13. The van der Waals surface area contributed by atoms with E-state index in [1.807, 2.05) is 0 Å². The van der Waals surface area contributed by atoms with Crippen molar-refractivity contribution in [1.82, 2.24) is 20.2 Å². The van der Waals surface area contributed by atoms with Gasteiger partial charge < -0.3 is 24.8 Å². The first-order valence-corrected chi connectivity index (χ1v) is 16.3. The molecule has 1 aromatic heterocycles. The summed E-state index contributed by atoms with van der Waals surface area (Å²) in [7, 11) is 0. The van der Waals surface area contributed by atoms with E-state index >= 15 is 4.39 Å². The van der Waals surface area contributed by atoms with Gasteiger partial charge in [0.1, 0.15) is 17.1 Å². The Bertz CT molecular complexity index is 1660. The van der Waals surface area contributed by atoms with Gasteiger partial charge in [-0.3, -0.25) is 4.90 Å². The summed E-state index contributed by atoms with van der Waals surface area (Å²) >= 11 is 6.62. The van der Waals surface area contributed by atoms with Gasteiger partial charge >= 0.3 is 6.01 Å². The number of nitrogens with zero attached hydrogens (tertiary/aromatic N) is 4. The maximum atomic E-state index is 16.3. The Kier molecular flexibility index (Phi) is 8.84. The van der Waals surface area contributed by atoms with Gasteiger partial charge in [-0.2, -0.15) is 9.97 Å². The molecular formula is C34H37ClF3N5O3. The third kappa shape index (κ3) is 6.43. The van der Waals surface area contributed by atoms with Crippen LogP contribution in [0.3, 0.4) is 0 Å². The molecule has 4 unspecified atom stereocenters. The number of aromatic nitrogens is 2. The zero-order valence-corrected chi connectivity index (χ0v) is 26.3. The lowest BCUT2D eigenvalue weighted by molar-refractivity contribution is -0.0229. The van der Waals surface area contributed by atoms with Gasteiger partial charge in [0.25, 0.3) is 0 Å². The van der Waals surface area contributed by atoms with Crippen LogP contribution in [0.1, 0.15) is 43.7 Å². The number of piperazine rings is 1. The van der Waals surface area contributed by atoms with Crippen molar-refractivity contribution in [3.8, 4) is 6.01 Å². The van der Waals surface area contributed by atoms with E-state index in [-0.39, 0.29) is 39.4 Å². The van der Waals surface area contributed by atoms with Crippen LogP contribution in [-0.4, -0.2) is 83.6 Å². The molecule has 5 heterocycles. The fourth-order valence-electron chi connectivity index (χ4n) is 7.23. The Balaban J connectivity index is 1.18. The summed E-state index contributed by atoms with van der Waals surface area (Å²) < 4.78 is 55.1. The van der Waals surface area contributed by atoms with E-state index in [4.69, 9.17) is 26.1 Å². The first-order valence-electron chi connectivity index (χ1n) is 15.9. The molecule has 0 amide bonds. The average molecular weight is 656 g/mol. The van der Waals surface area contributed by atoms with Gasteiger partial charge in [0.15, 0.2) is 17.5 Å². The molecule has 12 heteroatoms. The van der Waals surface area contributed by atoms with E-state index in [2.05, 4.69) is 27.0 Å². The molecule has 244 valence electrons. The zero-order chi connectivity index (χ0) is 31.9. The molecule has 7 rings (SSSR count). The lowest BCUT2D eigenvalue weighted by Gasteiger charge is -2.36. The van der Waals surface area contributed by atoms with Gasteiger partial charge in [-0.1, -0.05) is 24.6 Å². The molecule has 4 aliphatic heterocycles. The van der Waals surface area contributed by atoms with E-state index in [0.717, 1.165) is 70.7 Å². The Labute approximate surface area is 270 Å². The number of fused-ring (bicyclic) bond motifs is 5. The fourth-order valence-corrected chi connectivity index (χ4v) is 7.49. The van der Waals surface area contributed by atoms with Crippen molar-refractivity contribution in [3.05, 3.63) is 69.7 Å². The van der Waals surface area contributed by atoms with E-state index in [0.29, 0.717) is 42.0 Å². The summed E-state index contributed by atoms with van der Waals surface area (Å²) in [6.07, 6.45) is 8.25. The molecule has 4 fully saturated rings. The highest BCUT2D eigenvalue weighted by molar-refractivity contribution is 6.33. The van der Waals surface area contributed by atoms with Crippen LogP contribution >= 0.6 is 11.6 Å². The molecule has 0 spiro atoms. The van der Waals surface area contributed by atoms with Crippen molar-refractivity contribution in [3.63, 3.8) is 0 Å². The average Bonchev–Trinajstić information content (AvgIpc) is 3.46. The summed E-state index contributed by atoms with van der Waals surface area (Å²) in [4.78, 5) is 14.0. The van der Waals surface area contributed by atoms with Crippen molar-refractivity contribution in [2.45, 2.75) is 56.8 Å². The summed E-state index contributed by atoms with van der Waals surface area (Å²) in [6.45, 7) is 6.37. The normalized spacial score (nSPS) is 25.6. The maximum absolute atomic E-state index is 16.3. The molecule has 0 radical (unpaired) electrons. The molecule has 8 nitrogen and oxygen atoms in total. The van der Waals surface area contributed by atoms with E-state index in [1.165, 1.54) is 24.3 Å². The quantitative estimate of drug-likeness (QED) is 0.211. The highest BCUT2D eigenvalue weighted by Gasteiger charge is 2.38. The van der Waals surface area contributed by atoms with Gasteiger partial charge in [-0.15, -0.1) is 0 Å². The van der Waals surface area contributed by atoms with E-state index < -0.39 is 17.5 Å². The van der Waals surface area contributed by atoms with Gasteiger partial charge in [0, 0.05) is 60.7 Å². The topological polar surface area (TPSA) is 83.0 Å². The number of aliphatic hydroxyl groups excluding tert-OH is 1. The number of anilines is 1. The molecule has 5 atom stereocenters. The largest absolute Gasteiger partial charge is 0.508 e. The summed E-state index contributed by atoms with van der Waals surface area (Å²) in [5, 5.41) is 14.6. The SMILES string of the molecule is C[C@@H](COc1nc(N2CC3CCC(C2)N3)c2cc(Cl)c(/C=C/C(O)=C\c3ccc(F)c(F)c3)c(F)c2n1)CN1C2CCC1COC2. The third-order valence-electron chi connectivity index (χ3n) is 9.48. The standard InChI is InChI=1S/C34H37ClF3N5O3/c1-19(13-43-23-5-6-24(43)18-45-17-23)16-46-34-40-32-27(33(41-34)42-14-21-3-4-22(15-42)39-21)12-28(35)26(31(32)38)8-7-25(44)10-20-2-9-29(36)30(37)11-20/h2,7-12,19,21-24,39,44H,3-6,13-18H2,1H3/b8-7+,25-10+/t19-,21?,22?,23?,24?/m1/s1. The van der Waals surface area contributed by atoms with Crippen molar-refractivity contribution >= 4 is 40.5 Å². The van der Waals surface area contributed by atoms with Crippen LogP contribution in [0.4, 0.5) is 19.0 Å². The number of benzene rings is 2. The highest BCUT2D eigenvalue weighted by atomic mass is 35.5. The number of ether oxygens (including phenoxy) is 2. The molecule has 4 bridgehead atoms. The molecule has 3 aromatic rings. The number of hydrogen-bond donors (Lipinski definition) is 2. The van der Waals surface area contributed by atoms with Crippen LogP contribution in [-0.2, 0) is 4.74 Å². The van der Waals surface area contributed by atoms with E-state index in [9.17, 15) is 13.9 Å². The Morgan fingerprint density at radius 2 is 1.83 bits per heavy atom. The molecule has 2 aromatic carbocycles. The van der Waals surface area contributed by atoms with Gasteiger partial charge in [0.05, 0.1) is 24.8 Å². The van der Waals surface area contributed by atoms with Crippen molar-refractivity contribution in [2.75, 3.05) is 44.4 Å². The number of morpholine rings is 1. The van der Waals surface area contributed by atoms with Crippen molar-refractivity contribution < 1.29 is 27.8 Å². The van der Waals surface area contributed by atoms with Crippen LogP contribution in [0.5, 0.6) is 6.01 Å². The van der Waals surface area contributed by atoms with Crippen LogP contribution in [0.25, 0.3) is 23.1 Å². The zero-order valence-electron chi connectivity index (χ0n) is 25.6. The van der Waals surface area contributed by atoms with Crippen LogP contribution in [0.2, 0.25) is 5.02 Å². The van der Waals surface area contributed by atoms with Gasteiger partial charge in [-0.05, 0) is 67.7 Å². The number of aliphatic hydroxyl groups is 1. The second-order valence-corrected chi connectivity index (χ2v) is 13.4. The molecular weight excluding hydrogens is 619 g/mol. The second-order valence-electron chi connectivity index (χ2n) is 13.0. The minimum Gasteiger partial charge on any atom is -0.508 e. The van der Waals surface area contributed by atoms with Crippen molar-refractivity contribution in [1.29, 1.82) is 0 Å². The highest BCUT2D eigenvalue weighted by Crippen LogP contribution is 2.36. The van der Waals surface area contributed by atoms with Gasteiger partial charge in [-0.25, -0.2) is 13.2 Å². The number of rotatable bonds is 9. The first kappa shape index (κ1) is 31.2. The Morgan fingerprint density at radius 3 is 2.54 bits per heavy atom. The Hall–Kier alpha value is -3.38. The number of nitrogens with one attached hydrogen (secondary N) is 1. The van der Waals surface area contributed by atoms with E-state index in [1.54, 1.807) is 6.07 Å². The summed E-state index contributed by atoms with van der Waals surface area (Å²) in [6, 6.07) is 6.53. The maximum Gasteiger partial charge on any atom is 0.319 e. The molecule has 4 saturated heterocycles. The predicted molar refractivity (Wildman–Crippen MR) is 172 cm³/mol. The third-order valence-corrected chi connectivity index (χ3v) is 9.80. The minimum absolute atomic E-state index is 0.0199. The van der Waals surface area contributed by atoms with Crippen molar-refractivity contribution in [2.24, 2.45) is 5.92 Å². The number of hydrogen-bond acceptors (Lipinski definition) is 8. The Morgan fingerprint density at radius 1 is 1.09 bits per heavy atom. The smallest absolute Gasteiger partial charge is 0.319 e. The molecule has 4 aliphatic rings. The van der Waals surface area contributed by atoms with Crippen LogP contribution in [0, 0.1) is 23.4 Å². The molecule has 2 N–H and O–H groups in total. The number of halogens is 4. The van der Waals surface area contributed by atoms with Gasteiger partial charge in [0.2, 0.25) is 0 Å². The second kappa shape index (κ2) is 13.0. The first-order chi connectivity index (χ1) is 22.2. The van der Waals surface area contributed by atoms with Crippen LogP contribution in [0.15, 0.2) is 36.1 Å².